The van der Waals surface area contributed by atoms with Gasteiger partial charge in [0, 0.05) is 22.8 Å². The molecule has 0 heterocycles. The van der Waals surface area contributed by atoms with Crippen molar-refractivity contribution in [2.75, 3.05) is 11.9 Å². The summed E-state index contributed by atoms with van der Waals surface area (Å²) in [6.07, 6.45) is -4.55. The maximum absolute atomic E-state index is 13.1. The van der Waals surface area contributed by atoms with E-state index in [1.807, 2.05) is 6.07 Å². The van der Waals surface area contributed by atoms with E-state index in [4.69, 9.17) is 16.9 Å². The van der Waals surface area contributed by atoms with Crippen LogP contribution in [0.5, 0.6) is 0 Å². The smallest absolute Gasteiger partial charge is 0.325 e. The summed E-state index contributed by atoms with van der Waals surface area (Å²) in [6.45, 7) is -0.436. The standard InChI is InChI=1S/C24H17ClF3N3O2/c25-21-7-2-1-4-18(21)14-31(23(33)17-10-8-16(13-29)9-11-17)15-22(32)30-20-6-3-5-19(12-20)24(26,27)28/h1-12H,14-15H2,(H,30,32). The number of amides is 2. The molecule has 0 aliphatic rings. The van der Waals surface area contributed by atoms with Crippen LogP contribution in [0.3, 0.4) is 0 Å². The second kappa shape index (κ2) is 10.2. The lowest BCUT2D eigenvalue weighted by Crippen LogP contribution is -2.37. The van der Waals surface area contributed by atoms with Crippen LogP contribution in [0.25, 0.3) is 0 Å². The zero-order valence-electron chi connectivity index (χ0n) is 17.1. The molecule has 0 saturated carbocycles. The maximum Gasteiger partial charge on any atom is 0.416 e. The molecule has 9 heteroatoms. The Balaban J connectivity index is 1.83. The Morgan fingerprint density at radius 3 is 2.33 bits per heavy atom. The number of halogens is 4. The summed E-state index contributed by atoms with van der Waals surface area (Å²) < 4.78 is 38.8. The van der Waals surface area contributed by atoms with Gasteiger partial charge in [-0.2, -0.15) is 18.4 Å². The van der Waals surface area contributed by atoms with Crippen LogP contribution in [0, 0.1) is 11.3 Å². The Hall–Kier alpha value is -3.83. The number of hydrogen-bond donors (Lipinski definition) is 1. The molecule has 0 radical (unpaired) electrons. The number of alkyl halides is 3. The first kappa shape index (κ1) is 23.8. The molecular formula is C24H17ClF3N3O2. The number of benzene rings is 3. The van der Waals surface area contributed by atoms with Crippen LogP contribution in [-0.2, 0) is 17.5 Å². The van der Waals surface area contributed by atoms with Gasteiger partial charge in [0.2, 0.25) is 5.91 Å². The van der Waals surface area contributed by atoms with Gasteiger partial charge in [-0.3, -0.25) is 9.59 Å². The molecule has 0 fully saturated rings. The van der Waals surface area contributed by atoms with E-state index in [0.29, 0.717) is 16.1 Å². The van der Waals surface area contributed by atoms with Crippen LogP contribution in [0.4, 0.5) is 18.9 Å². The largest absolute Gasteiger partial charge is 0.416 e. The Kier molecular flexibility index (Phi) is 7.36. The molecule has 0 saturated heterocycles. The fraction of sp³-hybridized carbons (Fsp3) is 0.125. The van der Waals surface area contributed by atoms with Crippen LogP contribution in [0.1, 0.15) is 27.0 Å². The van der Waals surface area contributed by atoms with Crippen molar-refractivity contribution in [2.45, 2.75) is 12.7 Å². The Bertz CT molecular complexity index is 1200. The molecule has 0 aromatic heterocycles. The van der Waals surface area contributed by atoms with Crippen molar-refractivity contribution in [1.82, 2.24) is 4.90 Å². The van der Waals surface area contributed by atoms with Gasteiger partial charge in [0.05, 0.1) is 17.2 Å². The van der Waals surface area contributed by atoms with E-state index < -0.39 is 30.1 Å². The molecule has 3 aromatic rings. The number of nitrogens with one attached hydrogen (secondary N) is 1. The van der Waals surface area contributed by atoms with Crippen molar-refractivity contribution >= 4 is 29.1 Å². The van der Waals surface area contributed by atoms with E-state index in [2.05, 4.69) is 5.32 Å². The van der Waals surface area contributed by atoms with E-state index in [1.54, 1.807) is 24.3 Å². The summed E-state index contributed by atoms with van der Waals surface area (Å²) in [5, 5.41) is 11.7. The Labute approximate surface area is 193 Å². The highest BCUT2D eigenvalue weighted by atomic mass is 35.5. The topological polar surface area (TPSA) is 73.2 Å². The predicted octanol–water partition coefficient (Wildman–Crippen LogP) is 5.51. The van der Waals surface area contributed by atoms with Gasteiger partial charge in [0.1, 0.15) is 6.54 Å². The summed E-state index contributed by atoms with van der Waals surface area (Å²) in [7, 11) is 0. The lowest BCUT2D eigenvalue weighted by molar-refractivity contribution is -0.137. The van der Waals surface area contributed by atoms with E-state index >= 15 is 0 Å². The number of anilines is 1. The van der Waals surface area contributed by atoms with Crippen LogP contribution in [0.15, 0.2) is 72.8 Å². The van der Waals surface area contributed by atoms with Crippen LogP contribution in [-0.4, -0.2) is 23.3 Å². The molecule has 0 unspecified atom stereocenters. The Morgan fingerprint density at radius 2 is 1.70 bits per heavy atom. The normalized spacial score (nSPS) is 10.9. The minimum absolute atomic E-state index is 0.00544. The van der Waals surface area contributed by atoms with E-state index in [0.717, 1.165) is 12.1 Å². The molecule has 0 atom stereocenters. The van der Waals surface area contributed by atoms with Gasteiger partial charge >= 0.3 is 6.18 Å². The molecule has 0 spiro atoms. The lowest BCUT2D eigenvalue weighted by Gasteiger charge is -2.23. The molecule has 3 rings (SSSR count). The zero-order chi connectivity index (χ0) is 24.0. The number of hydrogen-bond acceptors (Lipinski definition) is 3. The molecule has 0 aliphatic carbocycles. The number of nitriles is 1. The van der Waals surface area contributed by atoms with E-state index in [9.17, 15) is 22.8 Å². The first-order valence-electron chi connectivity index (χ1n) is 9.67. The first-order valence-corrected chi connectivity index (χ1v) is 10.0. The highest BCUT2D eigenvalue weighted by Crippen LogP contribution is 2.30. The third-order valence-electron chi connectivity index (χ3n) is 4.68. The summed E-state index contributed by atoms with van der Waals surface area (Å²) in [5.41, 5.74) is 0.257. The van der Waals surface area contributed by atoms with Crippen molar-refractivity contribution in [1.29, 1.82) is 5.26 Å². The molecule has 3 aromatic carbocycles. The fourth-order valence-corrected chi connectivity index (χ4v) is 3.24. The van der Waals surface area contributed by atoms with Crippen LogP contribution >= 0.6 is 11.6 Å². The maximum atomic E-state index is 13.1. The summed E-state index contributed by atoms with van der Waals surface area (Å²) in [5.74, 6) is -1.18. The quantitative estimate of drug-likeness (QED) is 0.515. The first-order chi connectivity index (χ1) is 15.7. The predicted molar refractivity (Wildman–Crippen MR) is 117 cm³/mol. The lowest BCUT2D eigenvalue weighted by atomic mass is 10.1. The van der Waals surface area contributed by atoms with Gasteiger partial charge in [-0.15, -0.1) is 0 Å². The summed E-state index contributed by atoms with van der Waals surface area (Å²) >= 11 is 6.20. The molecule has 33 heavy (non-hydrogen) atoms. The van der Waals surface area contributed by atoms with Crippen LogP contribution < -0.4 is 5.32 Å². The minimum atomic E-state index is -4.55. The van der Waals surface area contributed by atoms with Gasteiger partial charge in [0.25, 0.3) is 5.91 Å². The monoisotopic (exact) mass is 471 g/mol. The van der Waals surface area contributed by atoms with Crippen molar-refractivity contribution in [3.8, 4) is 6.07 Å². The molecule has 2 amide bonds. The highest BCUT2D eigenvalue weighted by molar-refractivity contribution is 6.31. The minimum Gasteiger partial charge on any atom is -0.325 e. The van der Waals surface area contributed by atoms with Crippen molar-refractivity contribution in [2.24, 2.45) is 0 Å². The molecular weight excluding hydrogens is 455 g/mol. The molecule has 1 N–H and O–H groups in total. The summed E-state index contributed by atoms with van der Waals surface area (Å²) in [6, 6.07) is 18.9. The molecule has 0 aliphatic heterocycles. The molecule has 5 nitrogen and oxygen atoms in total. The van der Waals surface area contributed by atoms with E-state index in [1.165, 1.54) is 41.3 Å². The van der Waals surface area contributed by atoms with E-state index in [-0.39, 0.29) is 17.8 Å². The van der Waals surface area contributed by atoms with Gasteiger partial charge in [0.15, 0.2) is 0 Å². The van der Waals surface area contributed by atoms with Crippen molar-refractivity contribution < 1.29 is 22.8 Å². The van der Waals surface area contributed by atoms with Gasteiger partial charge in [-0.25, -0.2) is 0 Å². The third kappa shape index (κ3) is 6.34. The SMILES string of the molecule is N#Cc1ccc(C(=O)N(CC(=O)Nc2cccc(C(F)(F)F)c2)Cc2ccccc2Cl)cc1. The van der Waals surface area contributed by atoms with Gasteiger partial charge < -0.3 is 10.2 Å². The third-order valence-corrected chi connectivity index (χ3v) is 5.04. The van der Waals surface area contributed by atoms with Crippen molar-refractivity contribution in [3.63, 3.8) is 0 Å². The van der Waals surface area contributed by atoms with Crippen LogP contribution in [0.2, 0.25) is 5.02 Å². The number of nitrogens with zero attached hydrogens (tertiary/aromatic N) is 2. The highest BCUT2D eigenvalue weighted by Gasteiger charge is 2.30. The van der Waals surface area contributed by atoms with Gasteiger partial charge in [-0.1, -0.05) is 35.9 Å². The van der Waals surface area contributed by atoms with Crippen molar-refractivity contribution in [3.05, 3.63) is 100 Å². The molecule has 0 bridgehead atoms. The fourth-order valence-electron chi connectivity index (χ4n) is 3.05. The molecule has 168 valence electrons. The average molecular weight is 472 g/mol. The second-order valence-electron chi connectivity index (χ2n) is 7.07. The van der Waals surface area contributed by atoms with Gasteiger partial charge in [-0.05, 0) is 54.1 Å². The second-order valence-corrected chi connectivity index (χ2v) is 7.48. The average Bonchev–Trinajstić information content (AvgIpc) is 2.79. The zero-order valence-corrected chi connectivity index (χ0v) is 17.8. The number of carbonyl (C=O) groups is 2. The summed E-state index contributed by atoms with van der Waals surface area (Å²) in [4.78, 5) is 27.0. The number of carbonyl (C=O) groups excluding carboxylic acids is 2. The number of rotatable bonds is 6. The Morgan fingerprint density at radius 1 is 1.00 bits per heavy atom.